The van der Waals surface area contributed by atoms with Gasteiger partial charge in [0.15, 0.2) is 0 Å². The molecule has 0 spiro atoms. The summed E-state index contributed by atoms with van der Waals surface area (Å²) in [5.74, 6) is 3.07. The lowest BCUT2D eigenvalue weighted by Crippen LogP contribution is -2.31. The highest BCUT2D eigenvalue weighted by Gasteiger charge is 2.35. The standard InChI is InChI=1S/C11H21NOS/c1-11(2)4-3-9(13-11)5-8-6-14-7-10(8)12/h8-10H,3-7,12H2,1-2H3. The highest BCUT2D eigenvalue weighted by molar-refractivity contribution is 7.99. The van der Waals surface area contributed by atoms with Crippen molar-refractivity contribution in [3.8, 4) is 0 Å². The Morgan fingerprint density at radius 1 is 1.43 bits per heavy atom. The summed E-state index contributed by atoms with van der Waals surface area (Å²) in [6, 6.07) is 0.410. The van der Waals surface area contributed by atoms with Gasteiger partial charge in [-0.3, -0.25) is 0 Å². The summed E-state index contributed by atoms with van der Waals surface area (Å²) < 4.78 is 5.99. The first-order valence-corrected chi connectivity index (χ1v) is 6.73. The molecule has 3 atom stereocenters. The van der Waals surface area contributed by atoms with Crippen LogP contribution in [0.2, 0.25) is 0 Å². The first-order chi connectivity index (χ1) is 6.57. The van der Waals surface area contributed by atoms with Gasteiger partial charge in [-0.25, -0.2) is 0 Å². The molecular formula is C11H21NOS. The fraction of sp³-hybridized carbons (Fsp3) is 1.00. The zero-order valence-electron chi connectivity index (χ0n) is 9.16. The summed E-state index contributed by atoms with van der Waals surface area (Å²) in [4.78, 5) is 0. The lowest BCUT2D eigenvalue weighted by atomic mass is 9.95. The number of nitrogens with two attached hydrogens (primary N) is 1. The van der Waals surface area contributed by atoms with Gasteiger partial charge < -0.3 is 10.5 Å². The summed E-state index contributed by atoms with van der Waals surface area (Å²) in [6.07, 6.45) is 4.07. The van der Waals surface area contributed by atoms with Crippen LogP contribution in [0.3, 0.4) is 0 Å². The molecule has 2 fully saturated rings. The third-order valence-corrected chi connectivity index (χ3v) is 4.65. The van der Waals surface area contributed by atoms with Crippen molar-refractivity contribution >= 4 is 11.8 Å². The normalized spacial score (nSPS) is 41.8. The maximum Gasteiger partial charge on any atom is 0.0631 e. The lowest BCUT2D eigenvalue weighted by Gasteiger charge is -2.22. The molecule has 2 nitrogen and oxygen atoms in total. The van der Waals surface area contributed by atoms with Crippen LogP contribution in [0.4, 0.5) is 0 Å². The summed E-state index contributed by atoms with van der Waals surface area (Å²) in [5.41, 5.74) is 6.16. The van der Waals surface area contributed by atoms with E-state index in [1.165, 1.54) is 25.0 Å². The molecule has 2 heterocycles. The molecule has 0 aliphatic carbocycles. The Balaban J connectivity index is 1.81. The summed E-state index contributed by atoms with van der Waals surface area (Å²) >= 11 is 1.99. The maximum absolute atomic E-state index is 6.05. The number of hydrogen-bond acceptors (Lipinski definition) is 3. The molecule has 2 N–H and O–H groups in total. The van der Waals surface area contributed by atoms with Crippen LogP contribution in [-0.2, 0) is 4.74 Å². The predicted molar refractivity (Wildman–Crippen MR) is 61.6 cm³/mol. The van der Waals surface area contributed by atoms with Gasteiger partial charge in [0.25, 0.3) is 0 Å². The minimum Gasteiger partial charge on any atom is -0.372 e. The van der Waals surface area contributed by atoms with Gasteiger partial charge in [-0.05, 0) is 44.8 Å². The van der Waals surface area contributed by atoms with Gasteiger partial charge in [-0.2, -0.15) is 11.8 Å². The molecule has 82 valence electrons. The smallest absolute Gasteiger partial charge is 0.0631 e. The summed E-state index contributed by atoms with van der Waals surface area (Å²) in [5, 5.41) is 0. The molecule has 2 aliphatic rings. The van der Waals surface area contributed by atoms with E-state index in [-0.39, 0.29) is 5.60 Å². The Kier molecular flexibility index (Phi) is 3.10. The Morgan fingerprint density at radius 2 is 2.21 bits per heavy atom. The van der Waals surface area contributed by atoms with Crippen molar-refractivity contribution in [3.05, 3.63) is 0 Å². The SMILES string of the molecule is CC1(C)CCC(CC2CSCC2N)O1. The van der Waals surface area contributed by atoms with Crippen LogP contribution >= 0.6 is 11.8 Å². The molecule has 14 heavy (non-hydrogen) atoms. The lowest BCUT2D eigenvalue weighted by molar-refractivity contribution is -0.0239. The predicted octanol–water partition coefficient (Wildman–Crippen LogP) is 2.02. The molecule has 2 aliphatic heterocycles. The van der Waals surface area contributed by atoms with Crippen LogP contribution in [0.25, 0.3) is 0 Å². The van der Waals surface area contributed by atoms with Crippen molar-refractivity contribution in [3.63, 3.8) is 0 Å². The summed E-state index contributed by atoms with van der Waals surface area (Å²) in [7, 11) is 0. The number of ether oxygens (including phenoxy) is 1. The third kappa shape index (κ3) is 2.44. The van der Waals surface area contributed by atoms with Crippen LogP contribution in [0.15, 0.2) is 0 Å². The first kappa shape index (κ1) is 10.8. The number of hydrogen-bond donors (Lipinski definition) is 1. The summed E-state index contributed by atoms with van der Waals surface area (Å²) in [6.45, 7) is 4.38. The molecule has 3 unspecified atom stereocenters. The first-order valence-electron chi connectivity index (χ1n) is 5.58. The zero-order valence-corrected chi connectivity index (χ0v) is 9.98. The van der Waals surface area contributed by atoms with Gasteiger partial charge in [0.2, 0.25) is 0 Å². The van der Waals surface area contributed by atoms with Gasteiger partial charge in [0.05, 0.1) is 11.7 Å². The minimum atomic E-state index is 0.112. The monoisotopic (exact) mass is 215 g/mol. The number of rotatable bonds is 2. The van der Waals surface area contributed by atoms with Gasteiger partial charge in [-0.15, -0.1) is 0 Å². The maximum atomic E-state index is 6.05. The Hall–Kier alpha value is 0.270. The van der Waals surface area contributed by atoms with Crippen molar-refractivity contribution in [1.82, 2.24) is 0 Å². The van der Waals surface area contributed by atoms with Gasteiger partial charge in [-0.1, -0.05) is 0 Å². The average Bonchev–Trinajstić information content (AvgIpc) is 2.61. The zero-order chi connectivity index (χ0) is 10.2. The van der Waals surface area contributed by atoms with E-state index < -0.39 is 0 Å². The highest BCUT2D eigenvalue weighted by atomic mass is 32.2. The van der Waals surface area contributed by atoms with Crippen LogP contribution in [-0.4, -0.2) is 29.3 Å². The average molecular weight is 215 g/mol. The fourth-order valence-corrected chi connectivity index (χ4v) is 3.81. The third-order valence-electron chi connectivity index (χ3n) is 3.37. The van der Waals surface area contributed by atoms with E-state index in [2.05, 4.69) is 13.8 Å². The van der Waals surface area contributed by atoms with Crippen LogP contribution in [0.1, 0.15) is 33.1 Å². The molecule has 2 rings (SSSR count). The molecule has 0 radical (unpaired) electrons. The van der Waals surface area contributed by atoms with Crippen molar-refractivity contribution in [1.29, 1.82) is 0 Å². The van der Waals surface area contributed by atoms with Crippen LogP contribution < -0.4 is 5.73 Å². The van der Waals surface area contributed by atoms with E-state index in [0.29, 0.717) is 18.1 Å². The molecule has 0 aromatic heterocycles. The second-order valence-corrected chi connectivity index (χ2v) is 6.31. The Morgan fingerprint density at radius 3 is 2.71 bits per heavy atom. The highest BCUT2D eigenvalue weighted by Crippen LogP contribution is 2.35. The van der Waals surface area contributed by atoms with Crippen molar-refractivity contribution in [2.75, 3.05) is 11.5 Å². The Labute approximate surface area is 91.0 Å². The van der Waals surface area contributed by atoms with Crippen molar-refractivity contribution in [2.45, 2.75) is 50.9 Å². The van der Waals surface area contributed by atoms with Crippen molar-refractivity contribution in [2.24, 2.45) is 11.7 Å². The second kappa shape index (κ2) is 4.03. The minimum absolute atomic E-state index is 0.112. The van der Waals surface area contributed by atoms with E-state index in [1.807, 2.05) is 11.8 Å². The molecule has 0 aromatic carbocycles. The van der Waals surface area contributed by atoms with Gasteiger partial charge >= 0.3 is 0 Å². The molecule has 0 aromatic rings. The molecule has 0 saturated carbocycles. The van der Waals surface area contributed by atoms with E-state index in [9.17, 15) is 0 Å². The van der Waals surface area contributed by atoms with E-state index >= 15 is 0 Å². The quantitative estimate of drug-likeness (QED) is 0.765. The van der Waals surface area contributed by atoms with E-state index in [4.69, 9.17) is 10.5 Å². The molecule has 0 bridgehead atoms. The van der Waals surface area contributed by atoms with Crippen molar-refractivity contribution < 1.29 is 4.74 Å². The second-order valence-electron chi connectivity index (χ2n) is 5.24. The van der Waals surface area contributed by atoms with Crippen LogP contribution in [0, 0.1) is 5.92 Å². The fourth-order valence-electron chi connectivity index (χ4n) is 2.44. The largest absolute Gasteiger partial charge is 0.372 e. The van der Waals surface area contributed by atoms with E-state index in [0.717, 1.165) is 5.75 Å². The molecule has 3 heteroatoms. The van der Waals surface area contributed by atoms with Crippen LogP contribution in [0.5, 0.6) is 0 Å². The molecular weight excluding hydrogens is 194 g/mol. The number of thioether (sulfide) groups is 1. The molecule has 0 amide bonds. The topological polar surface area (TPSA) is 35.2 Å². The Bertz CT molecular complexity index is 207. The van der Waals surface area contributed by atoms with E-state index in [1.54, 1.807) is 0 Å². The van der Waals surface area contributed by atoms with Gasteiger partial charge in [0.1, 0.15) is 0 Å². The molecule has 2 saturated heterocycles. The van der Waals surface area contributed by atoms with Gasteiger partial charge in [0, 0.05) is 11.8 Å².